The fourth-order valence-corrected chi connectivity index (χ4v) is 3.35. The van der Waals surface area contributed by atoms with Gasteiger partial charge in [-0.3, -0.25) is 0 Å². The fourth-order valence-electron chi connectivity index (χ4n) is 2.12. The summed E-state index contributed by atoms with van der Waals surface area (Å²) in [6.07, 6.45) is 1.02. The van der Waals surface area contributed by atoms with Crippen LogP contribution in [-0.2, 0) is 0 Å². The van der Waals surface area contributed by atoms with Crippen molar-refractivity contribution in [1.82, 2.24) is 5.32 Å². The second-order valence-electron chi connectivity index (χ2n) is 4.73. The van der Waals surface area contributed by atoms with Crippen molar-refractivity contribution in [3.05, 3.63) is 66.4 Å². The molecule has 2 aromatic rings. The summed E-state index contributed by atoms with van der Waals surface area (Å²) in [5.74, 6) is -0.256. The van der Waals surface area contributed by atoms with Crippen molar-refractivity contribution < 1.29 is 4.39 Å². The standard InChI is InChI=1S/C16H15BrClFIN/c1-2-7-21-16(10-3-5-14(19)13(17)8-10)12-9-11(18)4-6-15(12)20/h3-6,8-9,16,21H,2,7H2,1H3. The molecular formula is C16H15BrClFIN. The second kappa shape index (κ2) is 7.90. The summed E-state index contributed by atoms with van der Waals surface area (Å²) in [4.78, 5) is 0. The van der Waals surface area contributed by atoms with Gasteiger partial charge < -0.3 is 5.32 Å². The third-order valence-corrected chi connectivity index (χ3v) is 4.97. The average molecular weight is 483 g/mol. The minimum Gasteiger partial charge on any atom is -0.306 e. The van der Waals surface area contributed by atoms with Crippen LogP contribution < -0.4 is 5.32 Å². The molecule has 0 saturated carbocycles. The molecular weight excluding hydrogens is 467 g/mol. The molecule has 0 bridgehead atoms. The molecule has 0 saturated heterocycles. The van der Waals surface area contributed by atoms with Crippen LogP contribution in [0.1, 0.15) is 30.5 Å². The normalized spacial score (nSPS) is 12.4. The number of benzene rings is 2. The van der Waals surface area contributed by atoms with E-state index in [2.05, 4.69) is 50.8 Å². The molecule has 0 fully saturated rings. The number of nitrogens with one attached hydrogen (secondary N) is 1. The number of hydrogen-bond acceptors (Lipinski definition) is 1. The molecule has 1 atom stereocenters. The number of hydrogen-bond donors (Lipinski definition) is 1. The van der Waals surface area contributed by atoms with Gasteiger partial charge in [0.25, 0.3) is 0 Å². The number of halogens is 4. The van der Waals surface area contributed by atoms with Gasteiger partial charge in [0.1, 0.15) is 5.82 Å². The Morgan fingerprint density at radius 3 is 2.71 bits per heavy atom. The van der Waals surface area contributed by atoms with Crippen LogP contribution in [0, 0.1) is 9.39 Å². The van der Waals surface area contributed by atoms with E-state index in [9.17, 15) is 4.39 Å². The van der Waals surface area contributed by atoms with Crippen LogP contribution in [0.5, 0.6) is 0 Å². The third-order valence-electron chi connectivity index (χ3n) is 3.14. The van der Waals surface area contributed by atoms with E-state index in [1.54, 1.807) is 0 Å². The topological polar surface area (TPSA) is 12.0 Å². The van der Waals surface area contributed by atoms with E-state index in [1.807, 2.05) is 30.3 Å². The lowest BCUT2D eigenvalue weighted by atomic mass is 9.98. The first-order valence-electron chi connectivity index (χ1n) is 6.66. The van der Waals surface area contributed by atoms with Crippen molar-refractivity contribution in [3.8, 4) is 0 Å². The summed E-state index contributed by atoms with van der Waals surface area (Å²) in [6.45, 7) is 3.00. The Labute approximate surface area is 151 Å². The fraction of sp³-hybridized carbons (Fsp3) is 0.250. The van der Waals surface area contributed by atoms with Gasteiger partial charge in [0.15, 0.2) is 0 Å². The van der Waals surface area contributed by atoms with Crippen molar-refractivity contribution >= 4 is 50.1 Å². The minimum atomic E-state index is -0.256. The molecule has 112 valence electrons. The van der Waals surface area contributed by atoms with Crippen LogP contribution in [0.25, 0.3) is 0 Å². The summed E-state index contributed by atoms with van der Waals surface area (Å²) >= 11 is 11.7. The first-order chi connectivity index (χ1) is 10.0. The molecule has 0 aliphatic carbocycles. The highest BCUT2D eigenvalue weighted by molar-refractivity contribution is 14.1. The highest BCUT2D eigenvalue weighted by Gasteiger charge is 2.17. The van der Waals surface area contributed by atoms with Crippen molar-refractivity contribution in [2.24, 2.45) is 0 Å². The molecule has 0 aliphatic heterocycles. The van der Waals surface area contributed by atoms with Gasteiger partial charge in [-0.15, -0.1) is 0 Å². The van der Waals surface area contributed by atoms with Gasteiger partial charge in [0.2, 0.25) is 0 Å². The predicted octanol–water partition coefficient (Wildman–Crippen LogP) is 5.94. The Morgan fingerprint density at radius 1 is 1.29 bits per heavy atom. The van der Waals surface area contributed by atoms with E-state index < -0.39 is 0 Å². The molecule has 1 unspecified atom stereocenters. The average Bonchev–Trinajstić information content (AvgIpc) is 2.46. The molecule has 1 N–H and O–H groups in total. The molecule has 5 heteroatoms. The van der Waals surface area contributed by atoms with Gasteiger partial charge in [0, 0.05) is 8.59 Å². The van der Waals surface area contributed by atoms with Crippen LogP contribution in [0.4, 0.5) is 4.39 Å². The Bertz CT molecular complexity index is 636. The molecule has 21 heavy (non-hydrogen) atoms. The molecule has 0 radical (unpaired) electrons. The number of rotatable bonds is 5. The van der Waals surface area contributed by atoms with Gasteiger partial charge in [-0.05, 0) is 92.9 Å². The second-order valence-corrected chi connectivity index (χ2v) is 7.18. The molecule has 0 amide bonds. The Hall–Kier alpha value is -0.170. The monoisotopic (exact) mass is 481 g/mol. The summed E-state index contributed by atoms with van der Waals surface area (Å²) < 4.78 is 15.1. The van der Waals surface area contributed by atoms with Gasteiger partial charge in [-0.1, -0.05) is 24.6 Å². The predicted molar refractivity (Wildman–Crippen MR) is 98.4 cm³/mol. The third kappa shape index (κ3) is 4.41. The highest BCUT2D eigenvalue weighted by atomic mass is 127. The summed E-state index contributed by atoms with van der Waals surface area (Å²) in [7, 11) is 0. The van der Waals surface area contributed by atoms with Crippen LogP contribution in [0.2, 0.25) is 5.02 Å². The highest BCUT2D eigenvalue weighted by Crippen LogP contribution is 2.30. The quantitative estimate of drug-likeness (QED) is 0.521. The van der Waals surface area contributed by atoms with E-state index in [0.29, 0.717) is 9.50 Å². The largest absolute Gasteiger partial charge is 0.306 e. The van der Waals surface area contributed by atoms with Crippen LogP contribution in [0.15, 0.2) is 40.9 Å². The van der Waals surface area contributed by atoms with E-state index >= 15 is 0 Å². The van der Waals surface area contributed by atoms with Crippen molar-refractivity contribution in [2.75, 3.05) is 6.54 Å². The summed E-state index contributed by atoms with van der Waals surface area (Å²) in [5.41, 5.74) is 2.12. The maximum Gasteiger partial charge on any atom is 0.137 e. The lowest BCUT2D eigenvalue weighted by Gasteiger charge is -2.21. The maximum absolute atomic E-state index is 13.5. The van der Waals surface area contributed by atoms with E-state index in [-0.39, 0.29) is 11.9 Å². The Balaban J connectivity index is 2.46. The first kappa shape index (κ1) is 17.2. The minimum absolute atomic E-state index is 0.00699. The smallest absolute Gasteiger partial charge is 0.137 e. The molecule has 0 aliphatic rings. The molecule has 2 aromatic carbocycles. The first-order valence-corrected chi connectivity index (χ1v) is 8.91. The Kier molecular flexibility index (Phi) is 6.47. The van der Waals surface area contributed by atoms with Crippen LogP contribution >= 0.6 is 50.1 Å². The summed E-state index contributed by atoms with van der Waals surface area (Å²) in [5, 5.41) is 4.21. The SMILES string of the molecule is CCCNC(c1ccc(F)c(Br)c1)c1cc(Cl)ccc1I. The zero-order valence-electron chi connectivity index (χ0n) is 11.5. The molecule has 0 spiro atoms. The van der Waals surface area contributed by atoms with Crippen molar-refractivity contribution in [1.29, 1.82) is 0 Å². The molecule has 1 nitrogen and oxygen atoms in total. The zero-order chi connectivity index (χ0) is 15.4. The lowest BCUT2D eigenvalue weighted by molar-refractivity contribution is 0.589. The van der Waals surface area contributed by atoms with E-state index in [4.69, 9.17) is 11.6 Å². The lowest BCUT2D eigenvalue weighted by Crippen LogP contribution is -2.24. The zero-order valence-corrected chi connectivity index (χ0v) is 16.0. The van der Waals surface area contributed by atoms with Crippen molar-refractivity contribution in [2.45, 2.75) is 19.4 Å². The molecule has 0 heterocycles. The Morgan fingerprint density at radius 2 is 2.05 bits per heavy atom. The van der Waals surface area contributed by atoms with E-state index in [1.165, 1.54) is 6.07 Å². The van der Waals surface area contributed by atoms with E-state index in [0.717, 1.165) is 27.7 Å². The van der Waals surface area contributed by atoms with Crippen LogP contribution in [-0.4, -0.2) is 6.54 Å². The van der Waals surface area contributed by atoms with Gasteiger partial charge in [0.05, 0.1) is 10.5 Å². The van der Waals surface area contributed by atoms with Gasteiger partial charge in [-0.2, -0.15) is 0 Å². The van der Waals surface area contributed by atoms with Gasteiger partial charge in [-0.25, -0.2) is 4.39 Å². The summed E-state index contributed by atoms with van der Waals surface area (Å²) in [6, 6.07) is 10.9. The molecule has 2 rings (SSSR count). The van der Waals surface area contributed by atoms with Gasteiger partial charge >= 0.3 is 0 Å². The maximum atomic E-state index is 13.5. The van der Waals surface area contributed by atoms with Crippen LogP contribution in [0.3, 0.4) is 0 Å². The van der Waals surface area contributed by atoms with Crippen molar-refractivity contribution in [3.63, 3.8) is 0 Å². The molecule has 0 aromatic heterocycles.